The highest BCUT2D eigenvalue weighted by Crippen LogP contribution is 2.34. The summed E-state index contributed by atoms with van der Waals surface area (Å²) < 4.78 is 5.64. The van der Waals surface area contributed by atoms with Crippen molar-refractivity contribution in [3.05, 3.63) is 64.0 Å². The van der Waals surface area contributed by atoms with Gasteiger partial charge in [0.05, 0.1) is 12.0 Å². The van der Waals surface area contributed by atoms with Crippen LogP contribution in [0, 0.1) is 0 Å². The second-order valence-corrected chi connectivity index (χ2v) is 7.68. The number of carbonyl (C=O) groups is 2. The second kappa shape index (κ2) is 8.56. The molecule has 3 rings (SSSR count). The van der Waals surface area contributed by atoms with Crippen LogP contribution in [-0.4, -0.2) is 34.7 Å². The molecule has 0 bridgehead atoms. The minimum Gasteiger partial charge on any atom is -0.496 e. The number of halogens is 1. The van der Waals surface area contributed by atoms with Crippen molar-refractivity contribution in [2.45, 2.75) is 0 Å². The number of amides is 2. The summed E-state index contributed by atoms with van der Waals surface area (Å²) in [5.74, 6) is 0.0116. The average Bonchev–Trinajstić information content (AvgIpc) is 2.91. The van der Waals surface area contributed by atoms with Crippen molar-refractivity contribution < 1.29 is 14.3 Å². The number of carbonyl (C=O) groups excluding carboxylic acids is 2. The number of ether oxygens (including phenoxy) is 1. The van der Waals surface area contributed by atoms with Gasteiger partial charge in [-0.2, -0.15) is 0 Å². The van der Waals surface area contributed by atoms with Crippen LogP contribution in [0.1, 0.15) is 5.56 Å². The quantitative estimate of drug-likeness (QED) is 0.582. The number of benzene rings is 2. The van der Waals surface area contributed by atoms with Gasteiger partial charge in [-0.05, 0) is 36.4 Å². The van der Waals surface area contributed by atoms with Gasteiger partial charge >= 0.3 is 0 Å². The molecule has 1 heterocycles. The fourth-order valence-corrected chi connectivity index (χ4v) is 3.81. The Morgan fingerprint density at radius 2 is 1.96 bits per heavy atom. The van der Waals surface area contributed by atoms with Crippen LogP contribution in [-0.2, 0) is 9.59 Å². The van der Waals surface area contributed by atoms with Crippen LogP contribution in [0.3, 0.4) is 0 Å². The molecular weight excluding hydrogens is 404 g/mol. The summed E-state index contributed by atoms with van der Waals surface area (Å²) in [6.45, 7) is -0.156. The Balaban J connectivity index is 1.71. The maximum absolute atomic E-state index is 12.7. The molecule has 2 aromatic carbocycles. The zero-order chi connectivity index (χ0) is 19.4. The Labute approximate surface area is 171 Å². The Hall–Kier alpha value is -2.35. The molecule has 0 saturated carbocycles. The number of nitrogens with zero attached hydrogens (tertiary/aromatic N) is 1. The van der Waals surface area contributed by atoms with E-state index in [1.165, 1.54) is 4.90 Å². The van der Waals surface area contributed by atoms with Crippen molar-refractivity contribution in [2.24, 2.45) is 0 Å². The lowest BCUT2D eigenvalue weighted by Crippen LogP contribution is -2.36. The number of methoxy groups -OCH3 is 1. The Kier molecular flexibility index (Phi) is 6.15. The van der Waals surface area contributed by atoms with E-state index in [0.29, 0.717) is 25.7 Å². The van der Waals surface area contributed by atoms with Crippen molar-refractivity contribution in [2.75, 3.05) is 19.0 Å². The third-order valence-corrected chi connectivity index (χ3v) is 5.36. The van der Waals surface area contributed by atoms with Crippen molar-refractivity contribution >= 4 is 63.5 Å². The third kappa shape index (κ3) is 4.68. The predicted octanol–water partition coefficient (Wildman–Crippen LogP) is 4.19. The monoisotopic (exact) mass is 418 g/mol. The van der Waals surface area contributed by atoms with Gasteiger partial charge < -0.3 is 10.1 Å². The van der Waals surface area contributed by atoms with Crippen LogP contribution in [0.15, 0.2) is 53.4 Å². The third-order valence-electron chi connectivity index (χ3n) is 3.73. The molecule has 0 atom stereocenters. The van der Waals surface area contributed by atoms with Crippen LogP contribution in [0.5, 0.6) is 5.75 Å². The summed E-state index contributed by atoms with van der Waals surface area (Å²) in [4.78, 5) is 26.7. The molecule has 2 amide bonds. The molecule has 0 aromatic heterocycles. The van der Waals surface area contributed by atoms with Crippen LogP contribution < -0.4 is 10.1 Å². The van der Waals surface area contributed by atoms with E-state index in [4.69, 9.17) is 28.6 Å². The van der Waals surface area contributed by atoms with E-state index in [1.54, 1.807) is 37.5 Å². The van der Waals surface area contributed by atoms with E-state index >= 15 is 0 Å². The number of hydrogen-bond acceptors (Lipinski definition) is 5. The number of thiocarbonyl (C=S) groups is 1. The fourth-order valence-electron chi connectivity index (χ4n) is 2.44. The number of nitrogens with one attached hydrogen (secondary N) is 1. The normalized spacial score (nSPS) is 15.3. The highest BCUT2D eigenvalue weighted by atomic mass is 35.5. The van der Waals surface area contributed by atoms with Gasteiger partial charge in [-0.15, -0.1) is 0 Å². The number of thioether (sulfide) groups is 1. The molecule has 1 N–H and O–H groups in total. The molecule has 2 aromatic rings. The van der Waals surface area contributed by atoms with Crippen molar-refractivity contribution in [1.29, 1.82) is 0 Å². The molecule has 0 aliphatic carbocycles. The SMILES string of the molecule is COc1ccccc1/C=C1\SC(=S)N(CC(=O)Nc2ccc(Cl)cc2)C1=O. The molecule has 0 radical (unpaired) electrons. The Bertz CT molecular complexity index is 929. The standard InChI is InChI=1S/C19H15ClN2O3S2/c1-25-15-5-3-2-4-12(15)10-16-18(24)22(19(26)27-16)11-17(23)21-14-8-6-13(20)7-9-14/h2-10H,11H2,1H3,(H,21,23)/b16-10-. The number of rotatable bonds is 5. The molecule has 5 nitrogen and oxygen atoms in total. The van der Waals surface area contributed by atoms with Gasteiger partial charge in [-0.3, -0.25) is 14.5 Å². The lowest BCUT2D eigenvalue weighted by atomic mass is 10.2. The first-order valence-corrected chi connectivity index (χ1v) is 9.52. The molecule has 27 heavy (non-hydrogen) atoms. The van der Waals surface area contributed by atoms with E-state index in [2.05, 4.69) is 5.32 Å². The smallest absolute Gasteiger partial charge is 0.266 e. The van der Waals surface area contributed by atoms with E-state index in [9.17, 15) is 9.59 Å². The number of anilines is 1. The lowest BCUT2D eigenvalue weighted by Gasteiger charge is -2.14. The average molecular weight is 419 g/mol. The predicted molar refractivity (Wildman–Crippen MR) is 113 cm³/mol. The first-order valence-electron chi connectivity index (χ1n) is 7.92. The second-order valence-electron chi connectivity index (χ2n) is 5.56. The van der Waals surface area contributed by atoms with Gasteiger partial charge in [0.1, 0.15) is 16.6 Å². The molecule has 0 unspecified atom stereocenters. The molecule has 1 fully saturated rings. The molecule has 1 aliphatic heterocycles. The van der Waals surface area contributed by atoms with Crippen LogP contribution in [0.25, 0.3) is 6.08 Å². The summed E-state index contributed by atoms with van der Waals surface area (Å²) in [7, 11) is 1.57. The van der Waals surface area contributed by atoms with Crippen LogP contribution in [0.2, 0.25) is 5.02 Å². The molecule has 1 aliphatic rings. The van der Waals surface area contributed by atoms with Crippen molar-refractivity contribution in [3.8, 4) is 5.75 Å². The van der Waals surface area contributed by atoms with Crippen LogP contribution in [0.4, 0.5) is 5.69 Å². The molecular formula is C19H15ClN2O3S2. The molecule has 138 valence electrons. The van der Waals surface area contributed by atoms with Gasteiger partial charge in [0, 0.05) is 16.3 Å². The largest absolute Gasteiger partial charge is 0.496 e. The fraction of sp³-hybridized carbons (Fsp3) is 0.105. The van der Waals surface area contributed by atoms with Gasteiger partial charge in [-0.25, -0.2) is 0 Å². The first-order chi connectivity index (χ1) is 13.0. The number of para-hydroxylation sites is 1. The van der Waals surface area contributed by atoms with Gasteiger partial charge in [0.2, 0.25) is 5.91 Å². The highest BCUT2D eigenvalue weighted by molar-refractivity contribution is 8.26. The van der Waals surface area contributed by atoms with Gasteiger partial charge in [-0.1, -0.05) is 53.8 Å². The minimum absolute atomic E-state index is 0.156. The summed E-state index contributed by atoms with van der Waals surface area (Å²) >= 11 is 12.3. The number of hydrogen-bond donors (Lipinski definition) is 1. The molecule has 1 saturated heterocycles. The van der Waals surface area contributed by atoms with Gasteiger partial charge in [0.15, 0.2) is 0 Å². The zero-order valence-corrected chi connectivity index (χ0v) is 16.7. The molecule has 8 heteroatoms. The molecule has 0 spiro atoms. The van der Waals surface area contributed by atoms with Gasteiger partial charge in [0.25, 0.3) is 5.91 Å². The summed E-state index contributed by atoms with van der Waals surface area (Å²) in [6, 6.07) is 14.1. The summed E-state index contributed by atoms with van der Waals surface area (Å²) in [5.41, 5.74) is 1.37. The minimum atomic E-state index is -0.341. The van der Waals surface area contributed by atoms with Crippen molar-refractivity contribution in [1.82, 2.24) is 4.90 Å². The van der Waals surface area contributed by atoms with E-state index in [0.717, 1.165) is 17.3 Å². The van der Waals surface area contributed by atoms with E-state index in [-0.39, 0.29) is 18.4 Å². The highest BCUT2D eigenvalue weighted by Gasteiger charge is 2.33. The van der Waals surface area contributed by atoms with E-state index in [1.807, 2.05) is 24.3 Å². The topological polar surface area (TPSA) is 58.6 Å². The Morgan fingerprint density at radius 3 is 2.67 bits per heavy atom. The summed E-state index contributed by atoms with van der Waals surface area (Å²) in [5, 5.41) is 3.30. The van der Waals surface area contributed by atoms with Crippen molar-refractivity contribution in [3.63, 3.8) is 0 Å². The first kappa shape index (κ1) is 19.4. The Morgan fingerprint density at radius 1 is 1.26 bits per heavy atom. The van der Waals surface area contributed by atoms with E-state index < -0.39 is 0 Å². The maximum Gasteiger partial charge on any atom is 0.266 e. The zero-order valence-electron chi connectivity index (χ0n) is 14.3. The maximum atomic E-state index is 12.7. The summed E-state index contributed by atoms with van der Waals surface area (Å²) in [6.07, 6.45) is 1.72. The lowest BCUT2D eigenvalue weighted by molar-refractivity contribution is -0.126. The van der Waals surface area contributed by atoms with Crippen LogP contribution >= 0.6 is 35.6 Å².